The maximum absolute atomic E-state index is 12.5. The Bertz CT molecular complexity index is 2010. The third-order valence-corrected chi connectivity index (χ3v) is 8.04. The lowest BCUT2D eigenvalue weighted by Gasteiger charge is -2.39. The molecule has 2 aliphatic heterocycles. The largest absolute Gasteiger partial charge is 0.490 e. The lowest BCUT2D eigenvalue weighted by atomic mass is 9.78. The fourth-order valence-electron chi connectivity index (χ4n) is 6.11. The van der Waals surface area contributed by atoms with E-state index < -0.39 is 43.0 Å². The number of fused-ring (bicyclic) bond motifs is 10. The Morgan fingerprint density at radius 3 is 1.73 bits per heavy atom. The van der Waals surface area contributed by atoms with Crippen LogP contribution in [0.1, 0.15) is 53.2 Å². The maximum Gasteiger partial charge on any atom is 0.490 e. The Labute approximate surface area is 287 Å². The van der Waals surface area contributed by atoms with Crippen LogP contribution < -0.4 is 24.7 Å². The number of carboxylic acid groups (broad SMARTS) is 2. The van der Waals surface area contributed by atoms with Crippen LogP contribution in [0.2, 0.25) is 0 Å². The molecule has 2 aliphatic rings. The van der Waals surface area contributed by atoms with Crippen LogP contribution in [0.4, 0.5) is 13.2 Å². The topological polar surface area (TPSA) is 190 Å². The molecule has 0 radical (unpaired) electrons. The van der Waals surface area contributed by atoms with Crippen LogP contribution in [0.15, 0.2) is 48.5 Å². The highest BCUT2D eigenvalue weighted by Crippen LogP contribution is 2.53. The summed E-state index contributed by atoms with van der Waals surface area (Å²) in [6.45, 7) is 3.38. The van der Waals surface area contributed by atoms with Gasteiger partial charge in [-0.2, -0.15) is 13.2 Å². The van der Waals surface area contributed by atoms with E-state index in [-0.39, 0.29) is 43.6 Å². The van der Waals surface area contributed by atoms with E-state index in [1.165, 1.54) is 0 Å². The second-order valence-corrected chi connectivity index (χ2v) is 11.1. The van der Waals surface area contributed by atoms with Gasteiger partial charge in [-0.1, -0.05) is 18.2 Å². The molecular formula is C35H32F3NO12. The van der Waals surface area contributed by atoms with Gasteiger partial charge in [0.25, 0.3) is 0 Å². The van der Waals surface area contributed by atoms with Crippen molar-refractivity contribution in [2.75, 3.05) is 26.4 Å². The minimum absolute atomic E-state index is 0.0595. The summed E-state index contributed by atoms with van der Waals surface area (Å²) in [4.78, 5) is 45.2. The number of nitrogens with two attached hydrogens (primary N) is 1. The Morgan fingerprint density at radius 2 is 1.24 bits per heavy atom. The maximum atomic E-state index is 12.5. The Morgan fingerprint density at radius 1 is 0.765 bits per heavy atom. The third kappa shape index (κ3) is 7.55. The van der Waals surface area contributed by atoms with Crippen LogP contribution in [0, 0.1) is 0 Å². The van der Waals surface area contributed by atoms with Crippen LogP contribution in [0.3, 0.4) is 0 Å². The van der Waals surface area contributed by atoms with Gasteiger partial charge in [-0.05, 0) is 60.3 Å². The van der Waals surface area contributed by atoms with Crippen molar-refractivity contribution in [3.63, 3.8) is 0 Å². The second kappa shape index (κ2) is 15.0. The Kier molecular flexibility index (Phi) is 10.7. The van der Waals surface area contributed by atoms with Gasteiger partial charge in [-0.3, -0.25) is 0 Å². The van der Waals surface area contributed by atoms with Crippen molar-refractivity contribution in [3.8, 4) is 23.0 Å². The van der Waals surface area contributed by atoms with Gasteiger partial charge in [-0.25, -0.2) is 19.2 Å². The number of carboxylic acids is 2. The summed E-state index contributed by atoms with van der Waals surface area (Å²) in [5.74, 6) is -3.42. The zero-order valence-electron chi connectivity index (χ0n) is 27.2. The van der Waals surface area contributed by atoms with Crippen molar-refractivity contribution < 1.29 is 71.0 Å². The predicted octanol–water partition coefficient (Wildman–Crippen LogP) is 5.30. The van der Waals surface area contributed by atoms with Crippen molar-refractivity contribution >= 4 is 45.4 Å². The summed E-state index contributed by atoms with van der Waals surface area (Å²) < 4.78 is 65.5. The summed E-state index contributed by atoms with van der Waals surface area (Å²) >= 11 is 0. The Hall–Kier alpha value is -5.77. The molecule has 0 aromatic heterocycles. The van der Waals surface area contributed by atoms with Crippen LogP contribution in [0.5, 0.6) is 23.0 Å². The van der Waals surface area contributed by atoms with Crippen molar-refractivity contribution in [3.05, 3.63) is 70.8 Å². The van der Waals surface area contributed by atoms with E-state index in [1.54, 1.807) is 44.2 Å². The van der Waals surface area contributed by atoms with Crippen molar-refractivity contribution in [2.24, 2.45) is 5.73 Å². The number of alkyl halides is 3. The number of benzene rings is 4. The van der Waals surface area contributed by atoms with E-state index in [1.807, 2.05) is 18.2 Å². The number of aromatic carboxylic acids is 1. The molecule has 0 fully saturated rings. The molecule has 0 amide bonds. The first kappa shape index (κ1) is 36.5. The lowest BCUT2D eigenvalue weighted by molar-refractivity contribution is -0.192. The van der Waals surface area contributed by atoms with Crippen LogP contribution >= 0.6 is 0 Å². The molecule has 51 heavy (non-hydrogen) atoms. The highest BCUT2D eigenvalue weighted by Gasteiger charge is 2.40. The van der Waals surface area contributed by atoms with Crippen molar-refractivity contribution in [2.45, 2.75) is 45.2 Å². The molecule has 4 N–H and O–H groups in total. The molecule has 2 heterocycles. The number of hydrogen-bond donors (Lipinski definition) is 3. The number of hydrogen-bond acceptors (Lipinski definition) is 11. The molecule has 0 spiro atoms. The number of halogens is 3. The van der Waals surface area contributed by atoms with Gasteiger partial charge < -0.3 is 44.4 Å². The lowest BCUT2D eigenvalue weighted by Crippen LogP contribution is -2.35. The molecule has 270 valence electrons. The average Bonchev–Trinajstić information content (AvgIpc) is 3.08. The van der Waals surface area contributed by atoms with E-state index >= 15 is 0 Å². The average molecular weight is 716 g/mol. The molecule has 0 saturated heterocycles. The molecule has 13 nitrogen and oxygen atoms in total. The van der Waals surface area contributed by atoms with Gasteiger partial charge >= 0.3 is 30.1 Å². The van der Waals surface area contributed by atoms with Gasteiger partial charge in [0, 0.05) is 41.0 Å². The number of carbonyl (C=O) groups is 4. The number of rotatable bonds is 10. The SMILES string of the molecule is CCOC(=O)COc1ccc2c3c(ccc2c1CN)OC1CC3c2c(ccc3c(C(=O)O)c(OCC(=O)OCC)ccc23)O1.O=C(O)C(F)(F)F. The minimum Gasteiger partial charge on any atom is -0.482 e. The van der Waals surface area contributed by atoms with Gasteiger partial charge in [-0.15, -0.1) is 0 Å². The number of ether oxygens (including phenoxy) is 6. The van der Waals surface area contributed by atoms with Gasteiger partial charge in [0.2, 0.25) is 6.29 Å². The van der Waals surface area contributed by atoms with E-state index in [9.17, 15) is 32.7 Å². The normalized spacial score (nSPS) is 15.6. The molecule has 2 bridgehead atoms. The van der Waals surface area contributed by atoms with E-state index in [0.29, 0.717) is 34.4 Å². The first-order valence-corrected chi connectivity index (χ1v) is 15.6. The van der Waals surface area contributed by atoms with E-state index in [4.69, 9.17) is 44.1 Å². The molecular weight excluding hydrogens is 683 g/mol. The van der Waals surface area contributed by atoms with Crippen LogP contribution in [0.25, 0.3) is 21.5 Å². The number of aliphatic carboxylic acids is 1. The molecule has 2 atom stereocenters. The molecule has 2 unspecified atom stereocenters. The predicted molar refractivity (Wildman–Crippen MR) is 172 cm³/mol. The quantitative estimate of drug-likeness (QED) is 0.180. The number of esters is 2. The molecule has 4 aromatic rings. The zero-order valence-corrected chi connectivity index (χ0v) is 27.2. The van der Waals surface area contributed by atoms with Gasteiger partial charge in [0.1, 0.15) is 28.6 Å². The fraction of sp³-hybridized carbons (Fsp3) is 0.314. The molecule has 4 aromatic carbocycles. The van der Waals surface area contributed by atoms with Crippen molar-refractivity contribution in [1.29, 1.82) is 0 Å². The first-order valence-electron chi connectivity index (χ1n) is 15.6. The second-order valence-electron chi connectivity index (χ2n) is 11.1. The molecule has 16 heteroatoms. The monoisotopic (exact) mass is 715 g/mol. The summed E-state index contributed by atoms with van der Waals surface area (Å²) in [5.41, 5.74) is 8.60. The first-order chi connectivity index (χ1) is 24.3. The molecule has 0 aliphatic carbocycles. The number of carbonyl (C=O) groups excluding carboxylic acids is 2. The molecule has 6 rings (SSSR count). The summed E-state index contributed by atoms with van der Waals surface area (Å²) in [5, 5.41) is 20.2. The molecule has 0 saturated carbocycles. The highest BCUT2D eigenvalue weighted by atomic mass is 19.4. The smallest absolute Gasteiger partial charge is 0.482 e. The van der Waals surface area contributed by atoms with E-state index in [2.05, 4.69) is 0 Å². The van der Waals surface area contributed by atoms with Gasteiger partial charge in [0.05, 0.1) is 13.2 Å². The fourth-order valence-corrected chi connectivity index (χ4v) is 6.11. The Balaban J connectivity index is 0.000000654. The minimum atomic E-state index is -5.08. The standard InChI is InChI=1S/C33H31NO10.C2HF3O2/c1-3-39-27(35)15-41-23-9-6-18-17(22(23)14-34)5-11-25-30(18)21-13-29(43-25)44-26-12-8-20-19(31(21)26)7-10-24(32(20)33(37)38)42-16-28(36)40-4-2;3-2(4,5)1(6)7/h5-12,21,29H,3-4,13-16,34H2,1-2H3,(H,37,38);(H,6,7). The zero-order chi connectivity index (χ0) is 37.0. The van der Waals surface area contributed by atoms with Crippen LogP contribution in [-0.2, 0) is 30.4 Å². The van der Waals surface area contributed by atoms with E-state index in [0.717, 1.165) is 27.5 Å². The van der Waals surface area contributed by atoms with Gasteiger partial charge in [0.15, 0.2) is 13.2 Å². The van der Waals surface area contributed by atoms with Crippen LogP contribution in [-0.4, -0.2) is 73.0 Å². The summed E-state index contributed by atoms with van der Waals surface area (Å²) in [7, 11) is 0. The van der Waals surface area contributed by atoms with Crippen molar-refractivity contribution in [1.82, 2.24) is 0 Å². The third-order valence-electron chi connectivity index (χ3n) is 8.04. The summed E-state index contributed by atoms with van der Waals surface area (Å²) in [6, 6.07) is 14.3. The highest BCUT2D eigenvalue weighted by molar-refractivity contribution is 6.08. The summed E-state index contributed by atoms with van der Waals surface area (Å²) in [6.07, 6.45) is -5.11.